The van der Waals surface area contributed by atoms with Gasteiger partial charge in [0, 0.05) is 28.7 Å². The quantitative estimate of drug-likeness (QED) is 0.849. The molecule has 0 saturated carbocycles. The van der Waals surface area contributed by atoms with E-state index in [9.17, 15) is 4.39 Å². The lowest BCUT2D eigenvalue weighted by molar-refractivity contribution is -0.0868. The van der Waals surface area contributed by atoms with Gasteiger partial charge in [-0.15, -0.1) is 0 Å². The number of ether oxygens (including phenoxy) is 2. The van der Waals surface area contributed by atoms with Gasteiger partial charge in [-0.1, -0.05) is 13.8 Å². The molecule has 0 spiro atoms. The Morgan fingerprint density at radius 1 is 1.08 bits per heavy atom. The van der Waals surface area contributed by atoms with E-state index < -0.39 is 0 Å². The summed E-state index contributed by atoms with van der Waals surface area (Å²) < 4.78 is 24.7. The predicted molar refractivity (Wildman–Crippen MR) is 92.7 cm³/mol. The van der Waals surface area contributed by atoms with Crippen LogP contribution >= 0.6 is 0 Å². The summed E-state index contributed by atoms with van der Waals surface area (Å²) in [7, 11) is 0. The van der Waals surface area contributed by atoms with Crippen molar-refractivity contribution in [3.05, 3.63) is 47.2 Å². The van der Waals surface area contributed by atoms with Crippen molar-refractivity contribution in [1.82, 2.24) is 9.97 Å². The highest BCUT2D eigenvalue weighted by molar-refractivity contribution is 5.64. The van der Waals surface area contributed by atoms with Crippen LogP contribution in [-0.2, 0) is 22.3 Å². The summed E-state index contributed by atoms with van der Waals surface area (Å²) in [5.74, 6) is 1.19. The monoisotopic (exact) mass is 342 g/mol. The van der Waals surface area contributed by atoms with Crippen molar-refractivity contribution in [3.8, 4) is 11.3 Å². The molecule has 1 saturated heterocycles. The maximum Gasteiger partial charge on any atom is 0.160 e. The van der Waals surface area contributed by atoms with E-state index in [1.807, 2.05) is 0 Å². The summed E-state index contributed by atoms with van der Waals surface area (Å²) in [6.45, 7) is 5.55. The molecule has 2 heterocycles. The zero-order valence-corrected chi connectivity index (χ0v) is 14.7. The molecule has 4 nitrogen and oxygen atoms in total. The van der Waals surface area contributed by atoms with Crippen molar-refractivity contribution in [2.45, 2.75) is 45.3 Å². The van der Waals surface area contributed by atoms with Crippen LogP contribution in [0.1, 0.15) is 43.3 Å². The van der Waals surface area contributed by atoms with Gasteiger partial charge in [-0.3, -0.25) is 0 Å². The number of benzene rings is 1. The summed E-state index contributed by atoms with van der Waals surface area (Å²) in [6.07, 6.45) is 2.63. The molecule has 1 atom stereocenters. The summed E-state index contributed by atoms with van der Waals surface area (Å²) in [5.41, 5.74) is 4.17. The van der Waals surface area contributed by atoms with Crippen molar-refractivity contribution in [2.75, 3.05) is 13.2 Å². The smallest absolute Gasteiger partial charge is 0.160 e. The Labute approximate surface area is 147 Å². The second-order valence-electron chi connectivity index (χ2n) is 7.13. The molecule has 1 unspecified atom stereocenters. The molecule has 1 aliphatic heterocycles. The van der Waals surface area contributed by atoms with E-state index in [1.54, 1.807) is 12.1 Å². The SMILES string of the molecule is CC(C)c1nc2c(c(-c3ccc(F)cc3)n1)CCC(C1OCCO1)C2. The Balaban J connectivity index is 1.74. The van der Waals surface area contributed by atoms with E-state index in [2.05, 4.69) is 13.8 Å². The lowest BCUT2D eigenvalue weighted by atomic mass is 9.84. The van der Waals surface area contributed by atoms with Crippen LogP contribution in [0.15, 0.2) is 24.3 Å². The summed E-state index contributed by atoms with van der Waals surface area (Å²) in [6, 6.07) is 6.59. The summed E-state index contributed by atoms with van der Waals surface area (Å²) >= 11 is 0. The second kappa shape index (κ2) is 6.81. The number of hydrogen-bond acceptors (Lipinski definition) is 4. The highest BCUT2D eigenvalue weighted by Crippen LogP contribution is 2.35. The number of rotatable bonds is 3. The van der Waals surface area contributed by atoms with Gasteiger partial charge >= 0.3 is 0 Å². The van der Waals surface area contributed by atoms with E-state index in [1.165, 1.54) is 17.7 Å². The van der Waals surface area contributed by atoms with Crippen LogP contribution in [0.25, 0.3) is 11.3 Å². The maximum atomic E-state index is 13.3. The van der Waals surface area contributed by atoms with Crippen LogP contribution in [0.5, 0.6) is 0 Å². The van der Waals surface area contributed by atoms with E-state index in [4.69, 9.17) is 19.4 Å². The fourth-order valence-corrected chi connectivity index (χ4v) is 3.65. The minimum atomic E-state index is -0.230. The third-order valence-electron chi connectivity index (χ3n) is 5.00. The van der Waals surface area contributed by atoms with Gasteiger partial charge in [-0.25, -0.2) is 14.4 Å². The Hall–Kier alpha value is -1.85. The Bertz CT molecular complexity index is 755. The lowest BCUT2D eigenvalue weighted by Crippen LogP contribution is -2.29. The van der Waals surface area contributed by atoms with E-state index in [0.717, 1.165) is 42.0 Å². The molecule has 0 amide bonds. The van der Waals surface area contributed by atoms with Gasteiger partial charge in [0.15, 0.2) is 6.29 Å². The highest BCUT2D eigenvalue weighted by atomic mass is 19.1. The van der Waals surface area contributed by atoms with Crippen LogP contribution < -0.4 is 0 Å². The first kappa shape index (κ1) is 16.6. The molecule has 25 heavy (non-hydrogen) atoms. The molecule has 1 fully saturated rings. The summed E-state index contributed by atoms with van der Waals surface area (Å²) in [5, 5.41) is 0. The zero-order valence-electron chi connectivity index (χ0n) is 14.7. The first-order chi connectivity index (χ1) is 12.1. The molecule has 0 radical (unpaired) electrons. The fourth-order valence-electron chi connectivity index (χ4n) is 3.65. The summed E-state index contributed by atoms with van der Waals surface area (Å²) in [4.78, 5) is 9.65. The largest absolute Gasteiger partial charge is 0.350 e. The Morgan fingerprint density at radius 3 is 2.48 bits per heavy atom. The van der Waals surface area contributed by atoms with Crippen LogP contribution in [0.2, 0.25) is 0 Å². The van der Waals surface area contributed by atoms with E-state index in [-0.39, 0.29) is 18.0 Å². The minimum Gasteiger partial charge on any atom is -0.350 e. The number of aromatic nitrogens is 2. The molecule has 1 aromatic heterocycles. The topological polar surface area (TPSA) is 44.2 Å². The van der Waals surface area contributed by atoms with Gasteiger partial charge in [0.25, 0.3) is 0 Å². The Morgan fingerprint density at radius 2 is 1.80 bits per heavy atom. The molecule has 2 aliphatic rings. The molecule has 1 aliphatic carbocycles. The van der Waals surface area contributed by atoms with Crippen LogP contribution in [0.3, 0.4) is 0 Å². The third-order valence-corrected chi connectivity index (χ3v) is 5.00. The number of halogens is 1. The van der Waals surface area contributed by atoms with E-state index >= 15 is 0 Å². The van der Waals surface area contributed by atoms with Crippen LogP contribution in [0, 0.1) is 11.7 Å². The number of fused-ring (bicyclic) bond motifs is 1. The molecule has 2 aromatic rings. The van der Waals surface area contributed by atoms with Crippen molar-refractivity contribution in [2.24, 2.45) is 5.92 Å². The molecule has 5 heteroatoms. The third kappa shape index (κ3) is 3.31. The number of hydrogen-bond donors (Lipinski definition) is 0. The first-order valence-corrected chi connectivity index (χ1v) is 9.00. The van der Waals surface area contributed by atoms with Crippen LogP contribution in [-0.4, -0.2) is 29.5 Å². The maximum absolute atomic E-state index is 13.3. The van der Waals surface area contributed by atoms with Gasteiger partial charge in [0.1, 0.15) is 11.6 Å². The van der Waals surface area contributed by atoms with Gasteiger partial charge < -0.3 is 9.47 Å². The molecule has 0 bridgehead atoms. The second-order valence-corrected chi connectivity index (χ2v) is 7.13. The predicted octanol–water partition coefficient (Wildman–Crippen LogP) is 3.88. The minimum absolute atomic E-state index is 0.111. The molecular formula is C20H23FN2O2. The molecule has 4 rings (SSSR count). The van der Waals surface area contributed by atoms with Gasteiger partial charge in [0.05, 0.1) is 18.9 Å². The highest BCUT2D eigenvalue weighted by Gasteiger charge is 2.32. The molecular weight excluding hydrogens is 319 g/mol. The Kier molecular flexibility index (Phi) is 4.52. The van der Waals surface area contributed by atoms with Crippen molar-refractivity contribution in [3.63, 3.8) is 0 Å². The van der Waals surface area contributed by atoms with Gasteiger partial charge in [0.2, 0.25) is 0 Å². The van der Waals surface area contributed by atoms with Crippen molar-refractivity contribution >= 4 is 0 Å². The van der Waals surface area contributed by atoms with Crippen molar-refractivity contribution < 1.29 is 13.9 Å². The normalized spacial score (nSPS) is 20.9. The van der Waals surface area contributed by atoms with Gasteiger partial charge in [-0.2, -0.15) is 0 Å². The van der Waals surface area contributed by atoms with Crippen LogP contribution in [0.4, 0.5) is 4.39 Å². The van der Waals surface area contributed by atoms with Gasteiger partial charge in [-0.05, 0) is 43.5 Å². The zero-order chi connectivity index (χ0) is 17.4. The molecule has 0 N–H and O–H groups in total. The van der Waals surface area contributed by atoms with E-state index in [0.29, 0.717) is 19.1 Å². The van der Waals surface area contributed by atoms with Crippen molar-refractivity contribution in [1.29, 1.82) is 0 Å². The molecule has 1 aromatic carbocycles. The average molecular weight is 342 g/mol. The lowest BCUT2D eigenvalue weighted by Gasteiger charge is -2.29. The fraction of sp³-hybridized carbons (Fsp3) is 0.500. The molecule has 132 valence electrons. The first-order valence-electron chi connectivity index (χ1n) is 9.00. The number of nitrogens with zero attached hydrogens (tertiary/aromatic N) is 2. The average Bonchev–Trinajstić information content (AvgIpc) is 3.15. The standard InChI is InChI=1S/C20H23FN2O2/c1-12(2)19-22-17-11-14(20-24-9-10-25-20)5-8-16(17)18(23-19)13-3-6-15(21)7-4-13/h3-4,6-7,12,14,20H,5,8-11H2,1-2H3.